The third-order valence-electron chi connectivity index (χ3n) is 2.11. The highest BCUT2D eigenvalue weighted by molar-refractivity contribution is 7.89. The third-order valence-corrected chi connectivity index (χ3v) is 3.75. The molecule has 4 nitrogen and oxygen atoms in total. The minimum Gasteiger partial charge on any atom is -0.396 e. The van der Waals surface area contributed by atoms with E-state index in [1.165, 1.54) is 6.92 Å². The van der Waals surface area contributed by atoms with Crippen LogP contribution in [0.4, 0.5) is 8.78 Å². The lowest BCUT2D eigenvalue weighted by molar-refractivity contribution is 0.275. The molecule has 0 heterocycles. The molecule has 0 amide bonds. The summed E-state index contributed by atoms with van der Waals surface area (Å²) in [6.45, 7) is 1.27. The smallest absolute Gasteiger partial charge is 0.246 e. The van der Waals surface area contributed by atoms with Crippen molar-refractivity contribution in [1.82, 2.24) is 4.72 Å². The summed E-state index contributed by atoms with van der Waals surface area (Å²) in [7, 11) is -4.25. The van der Waals surface area contributed by atoms with Crippen molar-refractivity contribution in [1.29, 1.82) is 0 Å². The quantitative estimate of drug-likeness (QED) is 0.835. The average Bonchev–Trinajstić information content (AvgIpc) is 2.15. The van der Waals surface area contributed by atoms with E-state index in [1.54, 1.807) is 0 Å². The topological polar surface area (TPSA) is 66.4 Å². The van der Waals surface area contributed by atoms with Crippen LogP contribution in [0.5, 0.6) is 0 Å². The van der Waals surface area contributed by atoms with Gasteiger partial charge in [0.2, 0.25) is 10.0 Å². The second-order valence-corrected chi connectivity index (χ2v) is 5.24. The largest absolute Gasteiger partial charge is 0.396 e. The normalized spacial score (nSPS) is 13.6. The summed E-state index contributed by atoms with van der Waals surface area (Å²) in [5, 5.41) is 8.63. The molecule has 7 heteroatoms. The van der Waals surface area contributed by atoms with E-state index in [4.69, 9.17) is 5.11 Å². The maximum Gasteiger partial charge on any atom is 0.246 e. The molecule has 0 saturated carbocycles. The van der Waals surface area contributed by atoms with Crippen molar-refractivity contribution in [3.05, 3.63) is 29.8 Å². The zero-order valence-electron chi connectivity index (χ0n) is 9.15. The van der Waals surface area contributed by atoms with E-state index >= 15 is 0 Å². The summed E-state index contributed by atoms with van der Waals surface area (Å²) >= 11 is 0. The van der Waals surface area contributed by atoms with Gasteiger partial charge in [-0.05, 0) is 25.5 Å². The van der Waals surface area contributed by atoms with Crippen LogP contribution in [-0.4, -0.2) is 26.2 Å². The van der Waals surface area contributed by atoms with Crippen LogP contribution in [0.3, 0.4) is 0 Å². The first-order valence-corrected chi connectivity index (χ1v) is 6.44. The van der Waals surface area contributed by atoms with Gasteiger partial charge in [-0.25, -0.2) is 21.9 Å². The molecule has 0 aliphatic heterocycles. The van der Waals surface area contributed by atoms with E-state index in [-0.39, 0.29) is 13.0 Å². The predicted molar refractivity (Wildman–Crippen MR) is 57.8 cm³/mol. The molecule has 1 atom stereocenters. The summed E-state index contributed by atoms with van der Waals surface area (Å²) in [6, 6.07) is 2.22. The van der Waals surface area contributed by atoms with Crippen molar-refractivity contribution >= 4 is 10.0 Å². The highest BCUT2D eigenvalue weighted by Gasteiger charge is 2.25. The lowest BCUT2D eigenvalue weighted by atomic mass is 10.3. The average molecular weight is 265 g/mol. The Morgan fingerprint density at radius 2 is 1.88 bits per heavy atom. The molecule has 0 aliphatic rings. The molecule has 96 valence electrons. The first kappa shape index (κ1) is 14.0. The highest BCUT2D eigenvalue weighted by atomic mass is 32.2. The zero-order chi connectivity index (χ0) is 13.1. The van der Waals surface area contributed by atoms with Crippen LogP contribution in [0.2, 0.25) is 0 Å². The number of benzene rings is 1. The summed E-state index contributed by atoms with van der Waals surface area (Å²) in [4.78, 5) is -0.996. The van der Waals surface area contributed by atoms with Gasteiger partial charge in [0.1, 0.15) is 11.6 Å². The first-order valence-electron chi connectivity index (χ1n) is 4.95. The van der Waals surface area contributed by atoms with Crippen LogP contribution in [-0.2, 0) is 10.0 Å². The Balaban J connectivity index is 3.06. The van der Waals surface area contributed by atoms with Crippen LogP contribution in [0, 0.1) is 11.6 Å². The summed E-state index contributed by atoms with van der Waals surface area (Å²) < 4.78 is 52.0. The van der Waals surface area contributed by atoms with Gasteiger partial charge in [0, 0.05) is 12.6 Å². The Kier molecular flexibility index (Phi) is 4.55. The van der Waals surface area contributed by atoms with Crippen molar-refractivity contribution in [3.63, 3.8) is 0 Å². The number of halogens is 2. The standard InChI is InChI=1S/C10H13F2NO3S/c1-7(5-6-14)13-17(15,16)10-8(11)3-2-4-9(10)12/h2-4,7,13-14H,5-6H2,1H3. The number of hydrogen-bond acceptors (Lipinski definition) is 3. The van der Waals surface area contributed by atoms with E-state index in [1.807, 2.05) is 0 Å². The highest BCUT2D eigenvalue weighted by Crippen LogP contribution is 2.18. The molecule has 0 saturated heterocycles. The number of rotatable bonds is 5. The van der Waals surface area contributed by atoms with Crippen molar-refractivity contribution in [3.8, 4) is 0 Å². The van der Waals surface area contributed by atoms with Gasteiger partial charge in [-0.3, -0.25) is 0 Å². The number of aliphatic hydroxyl groups is 1. The summed E-state index contributed by atoms with van der Waals surface area (Å²) in [5.74, 6) is -2.29. The van der Waals surface area contributed by atoms with Crippen molar-refractivity contribution < 1.29 is 22.3 Å². The first-order chi connectivity index (χ1) is 7.88. The van der Waals surface area contributed by atoms with Gasteiger partial charge < -0.3 is 5.11 Å². The van der Waals surface area contributed by atoms with E-state index in [0.29, 0.717) is 0 Å². The minimum absolute atomic E-state index is 0.162. The molecule has 17 heavy (non-hydrogen) atoms. The van der Waals surface area contributed by atoms with Crippen LogP contribution < -0.4 is 4.72 Å². The molecule has 1 rings (SSSR count). The maximum absolute atomic E-state index is 13.3. The number of nitrogens with one attached hydrogen (secondary N) is 1. The molecule has 0 aliphatic carbocycles. The van der Waals surface area contributed by atoms with Crippen molar-refractivity contribution in [2.75, 3.05) is 6.61 Å². The van der Waals surface area contributed by atoms with E-state index < -0.39 is 32.6 Å². The molecule has 0 spiro atoms. The van der Waals surface area contributed by atoms with Gasteiger partial charge in [-0.1, -0.05) is 6.07 Å². The number of hydrogen-bond donors (Lipinski definition) is 2. The monoisotopic (exact) mass is 265 g/mol. The Morgan fingerprint density at radius 1 is 1.35 bits per heavy atom. The SMILES string of the molecule is CC(CCO)NS(=O)(=O)c1c(F)cccc1F. The second-order valence-electron chi connectivity index (χ2n) is 3.59. The fourth-order valence-corrected chi connectivity index (χ4v) is 2.73. The molecule has 0 bridgehead atoms. The van der Waals surface area contributed by atoms with Gasteiger partial charge in [0.25, 0.3) is 0 Å². The lowest BCUT2D eigenvalue weighted by Gasteiger charge is -2.13. The molecule has 0 fully saturated rings. The van der Waals surface area contributed by atoms with Crippen LogP contribution in [0.25, 0.3) is 0 Å². The zero-order valence-corrected chi connectivity index (χ0v) is 9.97. The van der Waals surface area contributed by atoms with Gasteiger partial charge in [0.05, 0.1) is 0 Å². The van der Waals surface area contributed by atoms with Gasteiger partial charge in [-0.2, -0.15) is 0 Å². The fraction of sp³-hybridized carbons (Fsp3) is 0.400. The van der Waals surface area contributed by atoms with E-state index in [9.17, 15) is 17.2 Å². The Bertz CT molecular complexity index is 470. The Morgan fingerprint density at radius 3 is 2.35 bits per heavy atom. The molecular weight excluding hydrogens is 252 g/mol. The van der Waals surface area contributed by atoms with Gasteiger partial charge >= 0.3 is 0 Å². The lowest BCUT2D eigenvalue weighted by Crippen LogP contribution is -2.34. The summed E-state index contributed by atoms with van der Waals surface area (Å²) in [6.07, 6.45) is 0.162. The third kappa shape index (κ3) is 3.45. The minimum atomic E-state index is -4.25. The molecule has 2 N–H and O–H groups in total. The molecular formula is C10H13F2NO3S. The Hall–Kier alpha value is -1.05. The van der Waals surface area contributed by atoms with Gasteiger partial charge in [-0.15, -0.1) is 0 Å². The van der Waals surface area contributed by atoms with Crippen LogP contribution >= 0.6 is 0 Å². The predicted octanol–water partition coefficient (Wildman–Crippen LogP) is 1.01. The van der Waals surface area contributed by atoms with Crippen molar-refractivity contribution in [2.24, 2.45) is 0 Å². The molecule has 1 aromatic carbocycles. The van der Waals surface area contributed by atoms with Gasteiger partial charge in [0.15, 0.2) is 4.90 Å². The summed E-state index contributed by atoms with van der Waals surface area (Å²) in [5.41, 5.74) is 0. The van der Waals surface area contributed by atoms with E-state index in [2.05, 4.69) is 4.72 Å². The molecule has 0 aromatic heterocycles. The number of aliphatic hydroxyl groups excluding tert-OH is 1. The molecule has 0 radical (unpaired) electrons. The van der Waals surface area contributed by atoms with Crippen LogP contribution in [0.15, 0.2) is 23.1 Å². The molecule has 1 unspecified atom stereocenters. The fourth-order valence-electron chi connectivity index (χ4n) is 1.32. The molecule has 1 aromatic rings. The number of sulfonamides is 1. The van der Waals surface area contributed by atoms with Crippen molar-refractivity contribution in [2.45, 2.75) is 24.3 Å². The maximum atomic E-state index is 13.3. The Labute approximate surface area is 98.3 Å². The van der Waals surface area contributed by atoms with Crippen LogP contribution in [0.1, 0.15) is 13.3 Å². The second kappa shape index (κ2) is 5.52. The van der Waals surface area contributed by atoms with E-state index in [0.717, 1.165) is 18.2 Å².